The molecule has 0 bridgehead atoms. The Morgan fingerprint density at radius 3 is 2.35 bits per heavy atom. The first-order valence-electron chi connectivity index (χ1n) is 10.5. The number of halogens is 2. The molecule has 0 spiro atoms. The van der Waals surface area contributed by atoms with Crippen LogP contribution in [0.2, 0.25) is 10.0 Å². The topological polar surface area (TPSA) is 75.9 Å². The van der Waals surface area contributed by atoms with Crippen molar-refractivity contribution in [2.75, 3.05) is 11.9 Å². The number of pyridine rings is 1. The van der Waals surface area contributed by atoms with E-state index in [4.69, 9.17) is 27.9 Å². The van der Waals surface area contributed by atoms with Gasteiger partial charge in [-0.15, -0.1) is 0 Å². The first kappa shape index (κ1) is 23.5. The summed E-state index contributed by atoms with van der Waals surface area (Å²) in [5.74, 6) is -0.0419. The van der Waals surface area contributed by atoms with Crippen molar-refractivity contribution in [2.45, 2.75) is 13.8 Å². The van der Waals surface area contributed by atoms with Crippen molar-refractivity contribution in [3.63, 3.8) is 0 Å². The van der Waals surface area contributed by atoms with E-state index in [1.54, 1.807) is 49.4 Å². The Morgan fingerprint density at radius 1 is 1.00 bits per heavy atom. The van der Waals surface area contributed by atoms with Gasteiger partial charge >= 0.3 is 5.97 Å². The zero-order valence-electron chi connectivity index (χ0n) is 18.5. The van der Waals surface area contributed by atoms with E-state index in [9.17, 15) is 4.79 Å². The number of esters is 1. The highest BCUT2D eigenvalue weighted by atomic mass is 35.5. The fourth-order valence-electron chi connectivity index (χ4n) is 3.31. The summed E-state index contributed by atoms with van der Waals surface area (Å²) in [6.07, 6.45) is 0. The van der Waals surface area contributed by atoms with Crippen molar-refractivity contribution in [2.24, 2.45) is 9.98 Å². The van der Waals surface area contributed by atoms with E-state index >= 15 is 0 Å². The zero-order chi connectivity index (χ0) is 24.1. The number of hydrogen-bond donors (Lipinski definition) is 1. The average Bonchev–Trinajstić information content (AvgIpc) is 2.83. The Balaban J connectivity index is 1.86. The fourth-order valence-corrected chi connectivity index (χ4v) is 3.56. The van der Waals surface area contributed by atoms with Gasteiger partial charge in [0.25, 0.3) is 0 Å². The van der Waals surface area contributed by atoms with Crippen LogP contribution in [-0.4, -0.2) is 23.6 Å². The van der Waals surface area contributed by atoms with Crippen LogP contribution in [0.25, 0.3) is 10.8 Å². The molecule has 0 aliphatic heterocycles. The van der Waals surface area contributed by atoms with Gasteiger partial charge < -0.3 is 10.1 Å². The van der Waals surface area contributed by atoms with Crippen LogP contribution >= 0.6 is 23.2 Å². The van der Waals surface area contributed by atoms with Crippen LogP contribution in [0.1, 0.15) is 23.0 Å². The van der Waals surface area contributed by atoms with Crippen molar-refractivity contribution in [3.05, 3.63) is 88.0 Å². The minimum absolute atomic E-state index is 0.199. The van der Waals surface area contributed by atoms with Crippen molar-refractivity contribution in [1.82, 2.24) is 4.98 Å². The second-order valence-electron chi connectivity index (χ2n) is 7.33. The third-order valence-electron chi connectivity index (χ3n) is 4.96. The number of hydrogen-bond acceptors (Lipinski definition) is 6. The molecule has 1 heterocycles. The van der Waals surface area contributed by atoms with Crippen LogP contribution in [0.5, 0.6) is 0 Å². The molecule has 0 saturated heterocycles. The van der Waals surface area contributed by atoms with Gasteiger partial charge in [0, 0.05) is 15.7 Å². The van der Waals surface area contributed by atoms with Gasteiger partial charge in [-0.3, -0.25) is 0 Å². The molecular formula is C26H20Cl2N4O2. The molecule has 0 radical (unpaired) electrons. The summed E-state index contributed by atoms with van der Waals surface area (Å²) in [6, 6.07) is 22.5. The van der Waals surface area contributed by atoms with E-state index in [0.29, 0.717) is 27.2 Å². The summed E-state index contributed by atoms with van der Waals surface area (Å²) in [5, 5.41) is 6.06. The molecule has 4 aromatic rings. The maximum Gasteiger partial charge on any atom is 0.357 e. The number of nitrogens with zero attached hydrogens (tertiary/aromatic N) is 3. The van der Waals surface area contributed by atoms with Crippen molar-refractivity contribution in [1.29, 1.82) is 0 Å². The van der Waals surface area contributed by atoms with E-state index in [2.05, 4.69) is 26.3 Å². The third-order valence-corrected chi connectivity index (χ3v) is 5.46. The van der Waals surface area contributed by atoms with Gasteiger partial charge in [-0.1, -0.05) is 29.3 Å². The smallest absolute Gasteiger partial charge is 0.357 e. The van der Waals surface area contributed by atoms with Crippen molar-refractivity contribution < 1.29 is 9.53 Å². The predicted molar refractivity (Wildman–Crippen MR) is 138 cm³/mol. The van der Waals surface area contributed by atoms with Gasteiger partial charge in [-0.25, -0.2) is 9.78 Å². The predicted octanol–water partition coefficient (Wildman–Crippen LogP) is 7.91. The van der Waals surface area contributed by atoms with E-state index in [0.717, 1.165) is 22.0 Å². The second-order valence-corrected chi connectivity index (χ2v) is 8.21. The highest BCUT2D eigenvalue weighted by Gasteiger charge is 2.17. The molecule has 0 aliphatic carbocycles. The lowest BCUT2D eigenvalue weighted by Gasteiger charge is -2.14. The van der Waals surface area contributed by atoms with Crippen LogP contribution in [0.15, 0.2) is 76.7 Å². The summed E-state index contributed by atoms with van der Waals surface area (Å²) >= 11 is 12.0. The van der Waals surface area contributed by atoms with Crippen LogP contribution in [-0.2, 0) is 4.74 Å². The number of aryl methyl sites for hydroxylation is 1. The SMILES string of the molecule is CCOC(=O)c1cc2c(C)ccc(N=C=Nc3ccc(Cl)cc3)c2c(Nc2ccc(Cl)cc2)n1. The van der Waals surface area contributed by atoms with Gasteiger partial charge in [-0.05, 0) is 85.5 Å². The first-order chi connectivity index (χ1) is 16.4. The molecular weight excluding hydrogens is 471 g/mol. The molecule has 0 amide bonds. The van der Waals surface area contributed by atoms with E-state index in [-0.39, 0.29) is 12.3 Å². The minimum atomic E-state index is -0.499. The lowest BCUT2D eigenvalue weighted by molar-refractivity contribution is 0.0520. The van der Waals surface area contributed by atoms with Gasteiger partial charge in [0.05, 0.1) is 23.4 Å². The molecule has 0 fully saturated rings. The number of aromatic nitrogens is 1. The number of nitrogens with one attached hydrogen (secondary N) is 1. The number of benzene rings is 3. The van der Waals surface area contributed by atoms with Crippen molar-refractivity contribution >= 4 is 68.8 Å². The van der Waals surface area contributed by atoms with Crippen LogP contribution in [0.3, 0.4) is 0 Å². The number of ether oxygens (including phenoxy) is 1. The van der Waals surface area contributed by atoms with E-state index in [1.807, 2.05) is 31.2 Å². The summed E-state index contributed by atoms with van der Waals surface area (Å²) in [6.45, 7) is 3.96. The average molecular weight is 491 g/mol. The lowest BCUT2D eigenvalue weighted by Crippen LogP contribution is -2.09. The number of fused-ring (bicyclic) bond motifs is 1. The molecule has 0 aliphatic rings. The first-order valence-corrected chi connectivity index (χ1v) is 11.3. The van der Waals surface area contributed by atoms with Gasteiger partial charge in [0.1, 0.15) is 11.8 Å². The van der Waals surface area contributed by atoms with Gasteiger partial charge in [0.15, 0.2) is 5.69 Å². The van der Waals surface area contributed by atoms with Crippen molar-refractivity contribution in [3.8, 4) is 0 Å². The highest BCUT2D eigenvalue weighted by Crippen LogP contribution is 2.36. The third kappa shape index (κ3) is 5.43. The zero-order valence-corrected chi connectivity index (χ0v) is 20.0. The Hall–Kier alpha value is -3.70. The number of anilines is 2. The normalized spacial score (nSPS) is 10.5. The molecule has 0 saturated carbocycles. The summed E-state index contributed by atoms with van der Waals surface area (Å²) in [7, 11) is 0. The molecule has 0 atom stereocenters. The van der Waals surface area contributed by atoms with Crippen LogP contribution < -0.4 is 5.32 Å². The second kappa shape index (κ2) is 10.5. The summed E-state index contributed by atoms with van der Waals surface area (Å²) in [4.78, 5) is 25.8. The highest BCUT2D eigenvalue weighted by molar-refractivity contribution is 6.30. The van der Waals surface area contributed by atoms with E-state index in [1.165, 1.54) is 0 Å². The lowest BCUT2D eigenvalue weighted by atomic mass is 10.0. The van der Waals surface area contributed by atoms with E-state index < -0.39 is 5.97 Å². The maximum absolute atomic E-state index is 12.5. The fraction of sp³-hybridized carbons (Fsp3) is 0.115. The number of aliphatic imine (C=N–C) groups is 2. The molecule has 170 valence electrons. The minimum Gasteiger partial charge on any atom is -0.461 e. The molecule has 0 unspecified atom stereocenters. The number of carbonyl (C=O) groups is 1. The largest absolute Gasteiger partial charge is 0.461 e. The van der Waals surface area contributed by atoms with Crippen LogP contribution in [0.4, 0.5) is 22.9 Å². The van der Waals surface area contributed by atoms with Gasteiger partial charge in [0.2, 0.25) is 0 Å². The summed E-state index contributed by atoms with van der Waals surface area (Å²) in [5.41, 5.74) is 3.18. The van der Waals surface area contributed by atoms with Gasteiger partial charge in [-0.2, -0.15) is 9.98 Å². The maximum atomic E-state index is 12.5. The molecule has 3 aromatic carbocycles. The Bertz CT molecular complexity index is 1410. The Labute approximate surface area is 206 Å². The monoisotopic (exact) mass is 490 g/mol. The number of rotatable bonds is 6. The Morgan fingerprint density at radius 2 is 1.68 bits per heavy atom. The summed E-state index contributed by atoms with van der Waals surface area (Å²) < 4.78 is 5.18. The quantitative estimate of drug-likeness (QED) is 0.220. The molecule has 4 rings (SSSR count). The standard InChI is InChI=1S/C26H20Cl2N4O2/c1-3-34-26(33)23-14-21-16(2)4-13-22(30-15-29-19-9-5-17(27)6-10-19)24(21)25(32-23)31-20-11-7-18(28)8-12-20/h4-14H,3H2,1-2H3,(H,31,32). The number of carbonyl (C=O) groups excluding carboxylic acids is 1. The molecule has 1 N–H and O–H groups in total. The molecule has 1 aromatic heterocycles. The Kier molecular flexibility index (Phi) is 7.24. The molecule has 8 heteroatoms. The van der Waals surface area contributed by atoms with Crippen LogP contribution in [0, 0.1) is 6.92 Å². The molecule has 6 nitrogen and oxygen atoms in total. The molecule has 34 heavy (non-hydrogen) atoms.